The molecular weight excluding hydrogens is 464 g/mol. The molecular formula is C24H28N8O4. The number of hydrogen-bond acceptors (Lipinski definition) is 10. The van der Waals surface area contributed by atoms with Gasteiger partial charge in [-0.05, 0) is 51.5 Å². The Kier molecular flexibility index (Phi) is 7.33. The summed E-state index contributed by atoms with van der Waals surface area (Å²) in [5.74, 6) is 2.69. The van der Waals surface area contributed by atoms with E-state index in [2.05, 4.69) is 41.3 Å². The fourth-order valence-electron chi connectivity index (χ4n) is 3.08. The third kappa shape index (κ3) is 7.45. The Morgan fingerprint density at radius 1 is 1.17 bits per heavy atom. The first kappa shape index (κ1) is 24.5. The van der Waals surface area contributed by atoms with E-state index in [1.165, 1.54) is 0 Å². The van der Waals surface area contributed by atoms with Crippen molar-refractivity contribution in [2.75, 3.05) is 16.0 Å². The quantitative estimate of drug-likeness (QED) is 0.257. The van der Waals surface area contributed by atoms with Crippen LogP contribution in [0.2, 0.25) is 0 Å². The Balaban J connectivity index is 1.29. The number of nitrogens with zero attached hydrogens (tertiary/aromatic N) is 4. The van der Waals surface area contributed by atoms with E-state index < -0.39 is 11.7 Å². The standard InChI is InChI=1S/C24H28N8O4/c1-15-10-18(36-32-15)13-26-22-25-9-8-19(29-22)28-20-12-21(31-30-20)34-14-16-6-5-7-17(11-16)27-23(33)35-24(2,3)4/h5-12H,13-14H2,1-4H3,(H,27,33)(H3,25,26,28,29,30,31). The Hall–Kier alpha value is -4.61. The molecule has 0 saturated carbocycles. The average molecular weight is 493 g/mol. The molecule has 0 aliphatic rings. The van der Waals surface area contributed by atoms with Crippen LogP contribution < -0.4 is 20.7 Å². The van der Waals surface area contributed by atoms with Gasteiger partial charge in [0.05, 0.1) is 12.2 Å². The highest BCUT2D eigenvalue weighted by molar-refractivity contribution is 5.84. The van der Waals surface area contributed by atoms with Crippen LogP contribution in [0.25, 0.3) is 0 Å². The van der Waals surface area contributed by atoms with Gasteiger partial charge in [-0.15, -0.1) is 5.10 Å². The van der Waals surface area contributed by atoms with Crippen LogP contribution in [0.1, 0.15) is 37.8 Å². The van der Waals surface area contributed by atoms with Gasteiger partial charge < -0.3 is 24.6 Å². The Morgan fingerprint density at radius 2 is 2.03 bits per heavy atom. The first-order valence-corrected chi connectivity index (χ1v) is 11.3. The zero-order chi connectivity index (χ0) is 25.5. The molecule has 3 aromatic heterocycles. The second-order valence-corrected chi connectivity index (χ2v) is 8.91. The van der Waals surface area contributed by atoms with Gasteiger partial charge in [0.2, 0.25) is 11.8 Å². The lowest BCUT2D eigenvalue weighted by atomic mass is 10.2. The molecule has 4 rings (SSSR count). The van der Waals surface area contributed by atoms with Crippen molar-refractivity contribution in [2.24, 2.45) is 0 Å². The normalized spacial score (nSPS) is 11.1. The van der Waals surface area contributed by atoms with Crippen molar-refractivity contribution in [2.45, 2.75) is 46.4 Å². The summed E-state index contributed by atoms with van der Waals surface area (Å²) in [6, 6.07) is 12.6. The van der Waals surface area contributed by atoms with Crippen LogP contribution in [0.5, 0.6) is 5.88 Å². The number of nitrogens with one attached hydrogen (secondary N) is 4. The number of hydrogen-bond donors (Lipinski definition) is 4. The molecule has 188 valence electrons. The van der Waals surface area contributed by atoms with E-state index in [0.717, 1.165) is 11.3 Å². The molecule has 0 fully saturated rings. The summed E-state index contributed by atoms with van der Waals surface area (Å²) >= 11 is 0. The van der Waals surface area contributed by atoms with Crippen molar-refractivity contribution in [3.05, 3.63) is 65.7 Å². The fraction of sp³-hybridized carbons (Fsp3) is 0.292. The number of anilines is 4. The van der Waals surface area contributed by atoms with Crippen LogP contribution in [0.4, 0.5) is 28.1 Å². The average Bonchev–Trinajstić information content (AvgIpc) is 3.44. The summed E-state index contributed by atoms with van der Waals surface area (Å²) in [4.78, 5) is 20.6. The molecule has 4 aromatic rings. The van der Waals surface area contributed by atoms with Crippen LogP contribution in [0.3, 0.4) is 0 Å². The van der Waals surface area contributed by atoms with Crippen LogP contribution in [0.15, 0.2) is 53.2 Å². The third-order valence-electron chi connectivity index (χ3n) is 4.53. The highest BCUT2D eigenvalue weighted by Crippen LogP contribution is 2.20. The number of H-pyrrole nitrogens is 1. The predicted molar refractivity (Wildman–Crippen MR) is 133 cm³/mol. The van der Waals surface area contributed by atoms with Crippen molar-refractivity contribution in [3.63, 3.8) is 0 Å². The Labute approximate surface area is 207 Å². The number of amides is 1. The maximum atomic E-state index is 12.0. The summed E-state index contributed by atoms with van der Waals surface area (Å²) in [6.07, 6.45) is 1.12. The summed E-state index contributed by atoms with van der Waals surface area (Å²) in [6.45, 7) is 7.97. The number of ether oxygens (including phenoxy) is 2. The smallest absolute Gasteiger partial charge is 0.412 e. The summed E-state index contributed by atoms with van der Waals surface area (Å²) < 4.78 is 16.2. The molecule has 1 amide bonds. The molecule has 0 saturated heterocycles. The highest BCUT2D eigenvalue weighted by atomic mass is 16.6. The van der Waals surface area contributed by atoms with Crippen molar-refractivity contribution < 1.29 is 18.8 Å². The fourth-order valence-corrected chi connectivity index (χ4v) is 3.08. The molecule has 12 heteroatoms. The molecule has 0 aliphatic heterocycles. The molecule has 0 aliphatic carbocycles. The molecule has 1 aromatic carbocycles. The summed E-state index contributed by atoms with van der Waals surface area (Å²) in [7, 11) is 0. The van der Waals surface area contributed by atoms with Crippen molar-refractivity contribution in [1.29, 1.82) is 0 Å². The van der Waals surface area contributed by atoms with Gasteiger partial charge in [0.1, 0.15) is 23.8 Å². The van der Waals surface area contributed by atoms with Crippen molar-refractivity contribution >= 4 is 29.4 Å². The van der Waals surface area contributed by atoms with E-state index in [0.29, 0.717) is 41.5 Å². The molecule has 0 unspecified atom stereocenters. The maximum absolute atomic E-state index is 12.0. The monoisotopic (exact) mass is 492 g/mol. The molecule has 0 atom stereocenters. The molecule has 0 radical (unpaired) electrons. The highest BCUT2D eigenvalue weighted by Gasteiger charge is 2.16. The van der Waals surface area contributed by atoms with Gasteiger partial charge in [-0.1, -0.05) is 17.3 Å². The van der Waals surface area contributed by atoms with Crippen LogP contribution >= 0.6 is 0 Å². The SMILES string of the molecule is Cc1cc(CNc2nccc(Nc3cc(OCc4cccc(NC(=O)OC(C)(C)C)c4)n[nH]3)n2)on1. The first-order valence-electron chi connectivity index (χ1n) is 11.3. The minimum absolute atomic E-state index is 0.261. The zero-order valence-electron chi connectivity index (χ0n) is 20.5. The van der Waals surface area contributed by atoms with E-state index >= 15 is 0 Å². The minimum atomic E-state index is -0.572. The predicted octanol–water partition coefficient (Wildman–Crippen LogP) is 4.78. The van der Waals surface area contributed by atoms with Crippen molar-refractivity contribution in [1.82, 2.24) is 25.3 Å². The number of aryl methyl sites for hydroxylation is 1. The summed E-state index contributed by atoms with van der Waals surface area (Å²) in [5, 5.41) is 19.8. The van der Waals surface area contributed by atoms with E-state index in [1.54, 1.807) is 24.4 Å². The number of aromatic amines is 1. The van der Waals surface area contributed by atoms with E-state index in [9.17, 15) is 4.79 Å². The second kappa shape index (κ2) is 10.8. The molecule has 0 spiro atoms. The summed E-state index contributed by atoms with van der Waals surface area (Å²) in [5.41, 5.74) is 1.71. The van der Waals surface area contributed by atoms with Crippen molar-refractivity contribution in [3.8, 4) is 5.88 Å². The van der Waals surface area contributed by atoms with Gasteiger partial charge in [-0.2, -0.15) is 4.98 Å². The third-order valence-corrected chi connectivity index (χ3v) is 4.53. The molecule has 3 heterocycles. The zero-order valence-corrected chi connectivity index (χ0v) is 20.5. The maximum Gasteiger partial charge on any atom is 0.412 e. The van der Waals surface area contributed by atoms with Gasteiger partial charge in [-0.25, -0.2) is 9.78 Å². The number of rotatable bonds is 9. The van der Waals surface area contributed by atoms with E-state index in [-0.39, 0.29) is 6.61 Å². The minimum Gasteiger partial charge on any atom is -0.472 e. The Morgan fingerprint density at radius 3 is 2.81 bits per heavy atom. The lowest BCUT2D eigenvalue weighted by Crippen LogP contribution is -2.27. The molecule has 4 N–H and O–H groups in total. The lowest BCUT2D eigenvalue weighted by molar-refractivity contribution is 0.0636. The Bertz CT molecular complexity index is 1310. The van der Waals surface area contributed by atoms with Crippen LogP contribution in [0, 0.1) is 6.92 Å². The first-order chi connectivity index (χ1) is 17.2. The molecule has 36 heavy (non-hydrogen) atoms. The van der Waals surface area contributed by atoms with Gasteiger partial charge in [0, 0.05) is 24.0 Å². The van der Waals surface area contributed by atoms with Gasteiger partial charge >= 0.3 is 6.09 Å². The largest absolute Gasteiger partial charge is 0.472 e. The number of carbonyl (C=O) groups is 1. The van der Waals surface area contributed by atoms with Gasteiger partial charge in [0.15, 0.2) is 5.76 Å². The van der Waals surface area contributed by atoms with Crippen LogP contribution in [-0.4, -0.2) is 37.0 Å². The van der Waals surface area contributed by atoms with Crippen LogP contribution in [-0.2, 0) is 17.9 Å². The van der Waals surface area contributed by atoms with E-state index in [4.69, 9.17) is 14.0 Å². The number of carbonyl (C=O) groups excluding carboxylic acids is 1. The lowest BCUT2D eigenvalue weighted by Gasteiger charge is -2.19. The number of aromatic nitrogens is 5. The van der Waals surface area contributed by atoms with Gasteiger partial charge in [-0.3, -0.25) is 10.4 Å². The molecule has 0 bridgehead atoms. The topological polar surface area (TPSA) is 152 Å². The molecule has 12 nitrogen and oxygen atoms in total. The van der Waals surface area contributed by atoms with Gasteiger partial charge in [0.25, 0.3) is 0 Å². The number of benzene rings is 1. The van der Waals surface area contributed by atoms with E-state index in [1.807, 2.05) is 52.0 Å². The second-order valence-electron chi connectivity index (χ2n) is 8.91.